The highest BCUT2D eigenvalue weighted by Crippen LogP contribution is 1.96. The molecule has 0 atom stereocenters. The molecule has 0 aliphatic heterocycles. The van der Waals surface area contributed by atoms with Crippen LogP contribution in [0.1, 0.15) is 5.56 Å². The fourth-order valence-corrected chi connectivity index (χ4v) is 0.647. The van der Waals surface area contributed by atoms with E-state index in [2.05, 4.69) is 10.1 Å². The van der Waals surface area contributed by atoms with Gasteiger partial charge in [0.1, 0.15) is 6.07 Å². The molecule has 0 aliphatic carbocycles. The Hall–Kier alpha value is -1.89. The lowest BCUT2D eigenvalue weighted by Gasteiger charge is -1.91. The van der Waals surface area contributed by atoms with Gasteiger partial charge in [-0.05, 0) is 12.1 Å². The van der Waals surface area contributed by atoms with Crippen LogP contribution in [0.5, 0.6) is 0 Å². The molecule has 1 aromatic rings. The minimum absolute atomic E-state index is 0.0295. The summed E-state index contributed by atoms with van der Waals surface area (Å²) in [6, 6.07) is 5.04. The van der Waals surface area contributed by atoms with Crippen LogP contribution in [0.25, 0.3) is 0 Å². The van der Waals surface area contributed by atoms with E-state index in [9.17, 15) is 0 Å². The van der Waals surface area contributed by atoms with E-state index in [1.54, 1.807) is 24.4 Å². The van der Waals surface area contributed by atoms with Crippen LogP contribution in [-0.2, 0) is 0 Å². The van der Waals surface area contributed by atoms with Gasteiger partial charge < -0.3 is 5.21 Å². The minimum atomic E-state index is -0.0295. The topological polar surface area (TPSA) is 69.3 Å². The number of nitriles is 1. The molecule has 1 N–H and O–H groups in total. The van der Waals surface area contributed by atoms with E-state index in [4.69, 9.17) is 10.5 Å². The zero-order valence-corrected chi connectivity index (χ0v) is 5.60. The van der Waals surface area contributed by atoms with E-state index in [0.29, 0.717) is 5.56 Å². The average Bonchev–Trinajstić information content (AvgIpc) is 2.09. The molecule has 0 spiro atoms. The highest BCUT2D eigenvalue weighted by molar-refractivity contribution is 6.10. The molecule has 54 valence electrons. The molecule has 0 aliphatic rings. The van der Waals surface area contributed by atoms with Crippen molar-refractivity contribution in [2.24, 2.45) is 5.16 Å². The Balaban J connectivity index is 3.05. The molecule has 0 radical (unpaired) electrons. The SMILES string of the molecule is N#CC(=NO)c1cccnc1. The Morgan fingerprint density at radius 1 is 1.73 bits per heavy atom. The Labute approximate surface area is 63.4 Å². The van der Waals surface area contributed by atoms with Crippen molar-refractivity contribution in [3.05, 3.63) is 30.1 Å². The van der Waals surface area contributed by atoms with Gasteiger partial charge in [-0.25, -0.2) is 0 Å². The summed E-state index contributed by atoms with van der Waals surface area (Å²) in [4.78, 5) is 3.76. The van der Waals surface area contributed by atoms with Crippen molar-refractivity contribution in [3.8, 4) is 6.07 Å². The fourth-order valence-electron chi connectivity index (χ4n) is 0.647. The van der Waals surface area contributed by atoms with Gasteiger partial charge in [0.05, 0.1) is 0 Å². The van der Waals surface area contributed by atoms with E-state index < -0.39 is 0 Å². The van der Waals surface area contributed by atoms with Crippen molar-refractivity contribution >= 4 is 5.71 Å². The number of hydrogen-bond donors (Lipinski definition) is 1. The predicted molar refractivity (Wildman–Crippen MR) is 38.2 cm³/mol. The number of hydrogen-bond acceptors (Lipinski definition) is 4. The Bertz CT molecular complexity index is 299. The summed E-state index contributed by atoms with van der Waals surface area (Å²) in [7, 11) is 0. The highest BCUT2D eigenvalue weighted by Gasteiger charge is 2.00. The lowest BCUT2D eigenvalue weighted by atomic mass is 10.2. The highest BCUT2D eigenvalue weighted by atomic mass is 16.4. The van der Waals surface area contributed by atoms with Crippen LogP contribution in [0, 0.1) is 11.3 Å². The standard InChI is InChI=1S/C7H5N3O/c8-4-7(10-11)6-2-1-3-9-5-6/h1-3,5,11H. The first kappa shape index (κ1) is 7.22. The van der Waals surface area contributed by atoms with E-state index in [1.807, 2.05) is 0 Å². The normalized spacial score (nSPS) is 10.6. The Kier molecular flexibility index (Phi) is 2.18. The summed E-state index contributed by atoms with van der Waals surface area (Å²) in [5.41, 5.74) is 0.482. The predicted octanol–water partition coefficient (Wildman–Crippen LogP) is 0.783. The van der Waals surface area contributed by atoms with E-state index in [-0.39, 0.29) is 5.71 Å². The van der Waals surface area contributed by atoms with Gasteiger partial charge >= 0.3 is 0 Å². The van der Waals surface area contributed by atoms with Gasteiger partial charge in [0.2, 0.25) is 0 Å². The zero-order valence-electron chi connectivity index (χ0n) is 5.60. The molecule has 1 heterocycles. The molecule has 4 heteroatoms. The van der Waals surface area contributed by atoms with Gasteiger partial charge in [-0.15, -0.1) is 0 Å². The molecule has 0 saturated carbocycles. The second-order valence-corrected chi connectivity index (χ2v) is 1.80. The summed E-state index contributed by atoms with van der Waals surface area (Å²) in [5, 5.41) is 19.5. The third kappa shape index (κ3) is 1.52. The third-order valence-corrected chi connectivity index (χ3v) is 1.14. The van der Waals surface area contributed by atoms with Crippen molar-refractivity contribution in [1.29, 1.82) is 5.26 Å². The molecule has 4 nitrogen and oxygen atoms in total. The number of aromatic nitrogens is 1. The Morgan fingerprint density at radius 2 is 2.55 bits per heavy atom. The first-order valence-electron chi connectivity index (χ1n) is 2.91. The van der Waals surface area contributed by atoms with Crippen molar-refractivity contribution in [2.45, 2.75) is 0 Å². The number of pyridine rings is 1. The van der Waals surface area contributed by atoms with Crippen LogP contribution in [0.15, 0.2) is 29.7 Å². The van der Waals surface area contributed by atoms with Gasteiger partial charge in [-0.2, -0.15) is 5.26 Å². The smallest absolute Gasteiger partial charge is 0.188 e. The van der Waals surface area contributed by atoms with Crippen LogP contribution in [0.4, 0.5) is 0 Å². The van der Waals surface area contributed by atoms with Crippen molar-refractivity contribution < 1.29 is 5.21 Å². The molecule has 0 saturated heterocycles. The van der Waals surface area contributed by atoms with Crippen LogP contribution < -0.4 is 0 Å². The molecule has 0 unspecified atom stereocenters. The van der Waals surface area contributed by atoms with E-state index >= 15 is 0 Å². The summed E-state index contributed by atoms with van der Waals surface area (Å²) < 4.78 is 0. The second-order valence-electron chi connectivity index (χ2n) is 1.80. The summed E-state index contributed by atoms with van der Waals surface area (Å²) >= 11 is 0. The van der Waals surface area contributed by atoms with Crippen LogP contribution >= 0.6 is 0 Å². The zero-order chi connectivity index (χ0) is 8.10. The number of rotatable bonds is 1. The monoisotopic (exact) mass is 147 g/mol. The van der Waals surface area contributed by atoms with Gasteiger partial charge in [0, 0.05) is 18.0 Å². The average molecular weight is 147 g/mol. The summed E-state index contributed by atoms with van der Waals surface area (Å²) in [5.74, 6) is 0. The maximum Gasteiger partial charge on any atom is 0.188 e. The summed E-state index contributed by atoms with van der Waals surface area (Å²) in [6.07, 6.45) is 3.04. The fraction of sp³-hybridized carbons (Fsp3) is 0. The Morgan fingerprint density at radius 3 is 3.00 bits per heavy atom. The first-order chi connectivity index (χ1) is 5.38. The van der Waals surface area contributed by atoms with Crippen LogP contribution in [0.3, 0.4) is 0 Å². The molecular weight excluding hydrogens is 142 g/mol. The van der Waals surface area contributed by atoms with Crippen LogP contribution in [0.2, 0.25) is 0 Å². The maximum atomic E-state index is 8.41. The molecular formula is C7H5N3O. The lowest BCUT2D eigenvalue weighted by molar-refractivity contribution is 0.320. The molecule has 0 bridgehead atoms. The largest absolute Gasteiger partial charge is 0.410 e. The molecule has 1 rings (SSSR count). The minimum Gasteiger partial charge on any atom is -0.410 e. The first-order valence-corrected chi connectivity index (χ1v) is 2.91. The molecule has 1 aromatic heterocycles. The van der Waals surface area contributed by atoms with Crippen molar-refractivity contribution in [3.63, 3.8) is 0 Å². The lowest BCUT2D eigenvalue weighted by Crippen LogP contribution is -1.96. The quantitative estimate of drug-likeness (QED) is 0.362. The van der Waals surface area contributed by atoms with Crippen molar-refractivity contribution in [2.75, 3.05) is 0 Å². The van der Waals surface area contributed by atoms with Gasteiger partial charge in [-0.1, -0.05) is 5.16 Å². The van der Waals surface area contributed by atoms with Gasteiger partial charge in [0.25, 0.3) is 0 Å². The maximum absolute atomic E-state index is 8.41. The molecule has 0 aromatic carbocycles. The van der Waals surface area contributed by atoms with Gasteiger partial charge in [-0.3, -0.25) is 4.98 Å². The molecule has 11 heavy (non-hydrogen) atoms. The molecule has 0 fully saturated rings. The molecule has 0 amide bonds. The third-order valence-electron chi connectivity index (χ3n) is 1.14. The summed E-state index contributed by atoms with van der Waals surface area (Å²) in [6.45, 7) is 0. The van der Waals surface area contributed by atoms with Crippen molar-refractivity contribution in [1.82, 2.24) is 4.98 Å². The number of nitrogens with zero attached hydrogens (tertiary/aromatic N) is 3. The van der Waals surface area contributed by atoms with E-state index in [1.165, 1.54) is 6.20 Å². The number of oxime groups is 1. The van der Waals surface area contributed by atoms with Gasteiger partial charge in [0.15, 0.2) is 5.71 Å². The van der Waals surface area contributed by atoms with Crippen LogP contribution in [-0.4, -0.2) is 15.9 Å². The van der Waals surface area contributed by atoms with E-state index in [0.717, 1.165) is 0 Å². The second kappa shape index (κ2) is 3.32.